The maximum Gasteiger partial charge on any atom is 0.320 e. The van der Waals surface area contributed by atoms with E-state index in [-0.39, 0.29) is 17.9 Å². The molecule has 0 aliphatic heterocycles. The molecule has 0 bridgehead atoms. The first-order valence-corrected chi connectivity index (χ1v) is 5.77. The van der Waals surface area contributed by atoms with E-state index >= 15 is 0 Å². The average Bonchev–Trinajstić information content (AvgIpc) is 2.31. The highest BCUT2D eigenvalue weighted by Crippen LogP contribution is 2.29. The second-order valence-corrected chi connectivity index (χ2v) is 4.12. The van der Waals surface area contributed by atoms with Gasteiger partial charge in [-0.05, 0) is 24.1 Å². The lowest BCUT2D eigenvalue weighted by atomic mass is 10.1. The molecule has 3 N–H and O–H groups in total. The van der Waals surface area contributed by atoms with Gasteiger partial charge in [-0.15, -0.1) is 0 Å². The molecule has 7 heteroatoms. The van der Waals surface area contributed by atoms with Crippen LogP contribution in [-0.2, 0) is 20.8 Å². The molecule has 108 valence electrons. The zero-order valence-electron chi connectivity index (χ0n) is 11.1. The number of ether oxygens (including phenoxy) is 2. The SMILES string of the molecule is CC(=O)Oc1ccc(C[C@H](N)C(=O)O)cc1OC(C)=O. The van der Waals surface area contributed by atoms with Crippen LogP contribution in [0, 0.1) is 0 Å². The van der Waals surface area contributed by atoms with Crippen LogP contribution in [0.4, 0.5) is 0 Å². The third-order valence-electron chi connectivity index (χ3n) is 2.29. The lowest BCUT2D eigenvalue weighted by Gasteiger charge is -2.11. The van der Waals surface area contributed by atoms with Gasteiger partial charge in [0.1, 0.15) is 6.04 Å². The number of hydrogen-bond donors (Lipinski definition) is 2. The summed E-state index contributed by atoms with van der Waals surface area (Å²) >= 11 is 0. The molecule has 1 aromatic rings. The lowest BCUT2D eigenvalue weighted by molar-refractivity contribution is -0.138. The Labute approximate surface area is 115 Å². The van der Waals surface area contributed by atoms with E-state index in [4.69, 9.17) is 20.3 Å². The number of carbonyl (C=O) groups excluding carboxylic acids is 2. The zero-order chi connectivity index (χ0) is 15.3. The van der Waals surface area contributed by atoms with Crippen LogP contribution in [0.5, 0.6) is 11.5 Å². The van der Waals surface area contributed by atoms with Gasteiger partial charge >= 0.3 is 17.9 Å². The fourth-order valence-electron chi connectivity index (χ4n) is 1.49. The molecular formula is C13H15NO6. The molecule has 1 rings (SSSR count). The van der Waals surface area contributed by atoms with E-state index < -0.39 is 23.9 Å². The molecule has 0 aromatic heterocycles. The zero-order valence-corrected chi connectivity index (χ0v) is 11.1. The molecule has 0 aliphatic carbocycles. The number of carbonyl (C=O) groups is 3. The predicted molar refractivity (Wildman–Crippen MR) is 68.4 cm³/mol. The molecule has 7 nitrogen and oxygen atoms in total. The fraction of sp³-hybridized carbons (Fsp3) is 0.308. The minimum atomic E-state index is -1.14. The minimum Gasteiger partial charge on any atom is -0.480 e. The number of hydrogen-bond acceptors (Lipinski definition) is 6. The van der Waals surface area contributed by atoms with E-state index in [0.717, 1.165) is 0 Å². The normalized spacial score (nSPS) is 11.6. The van der Waals surface area contributed by atoms with E-state index in [9.17, 15) is 14.4 Å². The number of benzene rings is 1. The molecule has 0 heterocycles. The molecule has 1 aromatic carbocycles. The summed E-state index contributed by atoms with van der Waals surface area (Å²) in [6.45, 7) is 2.42. The Hall–Kier alpha value is -2.41. The van der Waals surface area contributed by atoms with Gasteiger partial charge in [0, 0.05) is 13.8 Å². The van der Waals surface area contributed by atoms with Crippen LogP contribution in [0.2, 0.25) is 0 Å². The van der Waals surface area contributed by atoms with Gasteiger partial charge in [0.15, 0.2) is 11.5 Å². The van der Waals surface area contributed by atoms with E-state index in [1.165, 1.54) is 26.0 Å². The van der Waals surface area contributed by atoms with Crippen LogP contribution in [0.25, 0.3) is 0 Å². The maximum absolute atomic E-state index is 11.0. The summed E-state index contributed by atoms with van der Waals surface area (Å²) in [5.74, 6) is -2.15. The largest absolute Gasteiger partial charge is 0.480 e. The van der Waals surface area contributed by atoms with Crippen molar-refractivity contribution >= 4 is 17.9 Å². The molecule has 0 spiro atoms. The van der Waals surface area contributed by atoms with Gasteiger partial charge in [0.05, 0.1) is 0 Å². The van der Waals surface area contributed by atoms with Crippen LogP contribution < -0.4 is 15.2 Å². The summed E-state index contributed by atoms with van der Waals surface area (Å²) < 4.78 is 9.81. The summed E-state index contributed by atoms with van der Waals surface area (Å²) in [5, 5.41) is 8.75. The summed E-state index contributed by atoms with van der Waals surface area (Å²) in [7, 11) is 0. The number of nitrogens with two attached hydrogens (primary N) is 1. The third-order valence-corrected chi connectivity index (χ3v) is 2.29. The van der Waals surface area contributed by atoms with Crippen molar-refractivity contribution < 1.29 is 29.0 Å². The van der Waals surface area contributed by atoms with E-state index in [0.29, 0.717) is 5.56 Å². The second-order valence-electron chi connectivity index (χ2n) is 4.12. The Morgan fingerprint density at radius 3 is 2.20 bits per heavy atom. The minimum absolute atomic E-state index is 0.0442. The van der Waals surface area contributed by atoms with Crippen molar-refractivity contribution in [1.82, 2.24) is 0 Å². The average molecular weight is 281 g/mol. The molecule has 0 aliphatic rings. The molecule has 0 saturated carbocycles. The number of carboxylic acid groups (broad SMARTS) is 1. The molecule has 0 fully saturated rings. The van der Waals surface area contributed by atoms with Crippen molar-refractivity contribution in [2.24, 2.45) is 5.73 Å². The van der Waals surface area contributed by atoms with Crippen LogP contribution in [0.15, 0.2) is 18.2 Å². The van der Waals surface area contributed by atoms with Gasteiger partial charge in [0.25, 0.3) is 0 Å². The molecular weight excluding hydrogens is 266 g/mol. The van der Waals surface area contributed by atoms with Crippen LogP contribution in [-0.4, -0.2) is 29.1 Å². The number of esters is 2. The first kappa shape index (κ1) is 15.6. The Bertz CT molecular complexity index is 540. The van der Waals surface area contributed by atoms with E-state index in [1.54, 1.807) is 6.07 Å². The fourth-order valence-corrected chi connectivity index (χ4v) is 1.49. The molecule has 0 unspecified atom stereocenters. The van der Waals surface area contributed by atoms with Gasteiger partial charge in [-0.3, -0.25) is 14.4 Å². The van der Waals surface area contributed by atoms with Gasteiger partial charge in [-0.1, -0.05) is 6.07 Å². The molecule has 0 radical (unpaired) electrons. The van der Waals surface area contributed by atoms with Crippen molar-refractivity contribution in [3.05, 3.63) is 23.8 Å². The monoisotopic (exact) mass is 281 g/mol. The maximum atomic E-state index is 11.0. The van der Waals surface area contributed by atoms with Crippen LogP contribution >= 0.6 is 0 Å². The van der Waals surface area contributed by atoms with E-state index in [1.807, 2.05) is 0 Å². The first-order chi connectivity index (χ1) is 9.29. The highest BCUT2D eigenvalue weighted by Gasteiger charge is 2.15. The number of carboxylic acids is 1. The van der Waals surface area contributed by atoms with Gasteiger partial charge in [0.2, 0.25) is 0 Å². The smallest absolute Gasteiger partial charge is 0.320 e. The van der Waals surface area contributed by atoms with Gasteiger partial charge < -0.3 is 20.3 Å². The molecule has 20 heavy (non-hydrogen) atoms. The Kier molecular flexibility index (Phi) is 5.22. The Morgan fingerprint density at radius 1 is 1.15 bits per heavy atom. The number of aliphatic carboxylic acids is 1. The summed E-state index contributed by atoms with van der Waals surface area (Å²) in [4.78, 5) is 32.7. The van der Waals surface area contributed by atoms with Crippen molar-refractivity contribution in [3.8, 4) is 11.5 Å². The Balaban J connectivity index is 3.03. The highest BCUT2D eigenvalue weighted by atomic mass is 16.6. The summed E-state index contributed by atoms with van der Waals surface area (Å²) in [6.07, 6.45) is 0.0595. The van der Waals surface area contributed by atoms with E-state index in [2.05, 4.69) is 0 Å². The Morgan fingerprint density at radius 2 is 1.70 bits per heavy atom. The van der Waals surface area contributed by atoms with Crippen molar-refractivity contribution in [2.45, 2.75) is 26.3 Å². The van der Waals surface area contributed by atoms with Crippen LogP contribution in [0.1, 0.15) is 19.4 Å². The second kappa shape index (κ2) is 6.67. The number of rotatable bonds is 5. The van der Waals surface area contributed by atoms with Gasteiger partial charge in [-0.25, -0.2) is 0 Å². The predicted octanol–water partition coefficient (Wildman–Crippen LogP) is 0.492. The molecule has 0 amide bonds. The topological polar surface area (TPSA) is 116 Å². The molecule has 1 atom stereocenters. The van der Waals surface area contributed by atoms with Crippen molar-refractivity contribution in [3.63, 3.8) is 0 Å². The highest BCUT2D eigenvalue weighted by molar-refractivity contribution is 5.75. The van der Waals surface area contributed by atoms with Crippen molar-refractivity contribution in [1.29, 1.82) is 0 Å². The lowest BCUT2D eigenvalue weighted by Crippen LogP contribution is -2.32. The summed E-state index contributed by atoms with van der Waals surface area (Å²) in [6, 6.07) is 3.32. The van der Waals surface area contributed by atoms with Gasteiger partial charge in [-0.2, -0.15) is 0 Å². The summed E-state index contributed by atoms with van der Waals surface area (Å²) in [5.41, 5.74) is 5.97. The standard InChI is InChI=1S/C13H15NO6/c1-7(15)19-11-4-3-9(5-10(14)13(17)18)6-12(11)20-8(2)16/h3-4,6,10H,5,14H2,1-2H3,(H,17,18)/t10-/m0/s1. The molecule has 0 saturated heterocycles. The van der Waals surface area contributed by atoms with Crippen LogP contribution in [0.3, 0.4) is 0 Å². The van der Waals surface area contributed by atoms with Crippen molar-refractivity contribution in [2.75, 3.05) is 0 Å². The quantitative estimate of drug-likeness (QED) is 0.596. The third kappa shape index (κ3) is 4.69. The first-order valence-electron chi connectivity index (χ1n) is 5.77.